The lowest BCUT2D eigenvalue weighted by Gasteiger charge is -1.94. The minimum Gasteiger partial charge on any atom is -0.368 e. The number of hydrogen-bond donors (Lipinski definition) is 1. The number of carbonyl (C=O) groups is 1. The summed E-state index contributed by atoms with van der Waals surface area (Å²) >= 11 is 3.33. The maximum Gasteiger partial charge on any atom is 0.241 e. The van der Waals surface area contributed by atoms with Crippen molar-refractivity contribution in [3.8, 4) is 11.4 Å². The monoisotopic (exact) mass is 281 g/mol. The van der Waals surface area contributed by atoms with Gasteiger partial charge in [-0.1, -0.05) is 15.9 Å². The Labute approximate surface area is 99.6 Å². The molecule has 1 aromatic heterocycles. The molecular formula is C9H8BrN5O. The SMILES string of the molecule is NC(=O)Cn1nnc(-c2ccc(Br)cc2)n1. The average molecular weight is 282 g/mol. The van der Waals surface area contributed by atoms with Crippen molar-refractivity contribution in [2.24, 2.45) is 5.73 Å². The van der Waals surface area contributed by atoms with Gasteiger partial charge in [0.15, 0.2) is 0 Å². The second-order valence-corrected chi connectivity index (χ2v) is 4.03. The minimum absolute atomic E-state index is 0.0659. The van der Waals surface area contributed by atoms with Crippen molar-refractivity contribution in [1.29, 1.82) is 0 Å². The van der Waals surface area contributed by atoms with Gasteiger partial charge in [-0.05, 0) is 29.5 Å². The molecule has 0 atom stereocenters. The van der Waals surface area contributed by atoms with E-state index in [1.165, 1.54) is 4.80 Å². The van der Waals surface area contributed by atoms with Crippen molar-refractivity contribution in [3.05, 3.63) is 28.7 Å². The molecule has 0 saturated heterocycles. The highest BCUT2D eigenvalue weighted by Gasteiger charge is 2.06. The van der Waals surface area contributed by atoms with Crippen LogP contribution in [-0.2, 0) is 11.3 Å². The van der Waals surface area contributed by atoms with Gasteiger partial charge in [0.25, 0.3) is 0 Å². The number of nitrogens with zero attached hydrogens (tertiary/aromatic N) is 4. The summed E-state index contributed by atoms with van der Waals surface area (Å²) in [5.74, 6) is -0.0338. The Kier molecular flexibility index (Phi) is 2.95. The number of primary amides is 1. The van der Waals surface area contributed by atoms with Gasteiger partial charge in [-0.3, -0.25) is 4.79 Å². The molecule has 2 rings (SSSR count). The first-order valence-corrected chi connectivity index (χ1v) is 5.26. The van der Waals surface area contributed by atoms with Crippen LogP contribution in [-0.4, -0.2) is 26.1 Å². The van der Waals surface area contributed by atoms with E-state index in [2.05, 4.69) is 31.3 Å². The van der Waals surface area contributed by atoms with Gasteiger partial charge in [-0.15, -0.1) is 10.2 Å². The summed E-state index contributed by atoms with van der Waals surface area (Å²) in [5, 5.41) is 11.6. The van der Waals surface area contributed by atoms with Gasteiger partial charge in [0.2, 0.25) is 11.7 Å². The Morgan fingerprint density at radius 2 is 2.06 bits per heavy atom. The van der Waals surface area contributed by atoms with Gasteiger partial charge in [-0.2, -0.15) is 4.80 Å². The van der Waals surface area contributed by atoms with Gasteiger partial charge < -0.3 is 5.73 Å². The molecule has 0 saturated carbocycles. The van der Waals surface area contributed by atoms with E-state index in [9.17, 15) is 4.79 Å². The maximum absolute atomic E-state index is 10.6. The number of aromatic nitrogens is 4. The molecule has 2 aromatic rings. The summed E-state index contributed by atoms with van der Waals surface area (Å²) < 4.78 is 0.973. The molecule has 0 spiro atoms. The summed E-state index contributed by atoms with van der Waals surface area (Å²) in [6.07, 6.45) is 0. The predicted octanol–water partition coefficient (Wildman–Crippen LogP) is 0.588. The number of halogens is 1. The van der Waals surface area contributed by atoms with E-state index in [1.807, 2.05) is 24.3 Å². The smallest absolute Gasteiger partial charge is 0.241 e. The van der Waals surface area contributed by atoms with E-state index < -0.39 is 5.91 Å². The zero-order chi connectivity index (χ0) is 11.5. The van der Waals surface area contributed by atoms with E-state index in [1.54, 1.807) is 0 Å². The number of carbonyl (C=O) groups excluding carboxylic acids is 1. The molecule has 16 heavy (non-hydrogen) atoms. The van der Waals surface area contributed by atoms with Crippen LogP contribution in [0.25, 0.3) is 11.4 Å². The second kappa shape index (κ2) is 4.40. The van der Waals surface area contributed by atoms with Crippen molar-refractivity contribution in [1.82, 2.24) is 20.2 Å². The van der Waals surface area contributed by atoms with Crippen molar-refractivity contribution >= 4 is 21.8 Å². The number of rotatable bonds is 3. The van der Waals surface area contributed by atoms with Crippen LogP contribution < -0.4 is 5.73 Å². The predicted molar refractivity (Wildman–Crippen MR) is 60.1 cm³/mol. The second-order valence-electron chi connectivity index (χ2n) is 3.12. The van der Waals surface area contributed by atoms with Crippen LogP contribution >= 0.6 is 15.9 Å². The van der Waals surface area contributed by atoms with Crippen LogP contribution in [0.5, 0.6) is 0 Å². The Morgan fingerprint density at radius 3 is 2.69 bits per heavy atom. The fourth-order valence-corrected chi connectivity index (χ4v) is 1.43. The van der Waals surface area contributed by atoms with Crippen molar-refractivity contribution in [2.45, 2.75) is 6.54 Å². The summed E-state index contributed by atoms with van der Waals surface area (Å²) in [6.45, 7) is -0.0659. The molecule has 2 N–H and O–H groups in total. The molecule has 7 heteroatoms. The highest BCUT2D eigenvalue weighted by Crippen LogP contribution is 2.17. The first-order chi connectivity index (χ1) is 7.65. The van der Waals surface area contributed by atoms with E-state index in [4.69, 9.17) is 5.73 Å². The van der Waals surface area contributed by atoms with Crippen LogP contribution in [0.3, 0.4) is 0 Å². The molecule has 0 radical (unpaired) electrons. The Hall–Kier alpha value is -1.76. The molecule has 0 aliphatic carbocycles. The molecule has 0 fully saturated rings. The van der Waals surface area contributed by atoms with Crippen molar-refractivity contribution in [2.75, 3.05) is 0 Å². The van der Waals surface area contributed by atoms with Gasteiger partial charge in [0.05, 0.1) is 0 Å². The average Bonchev–Trinajstić information content (AvgIpc) is 2.66. The largest absolute Gasteiger partial charge is 0.368 e. The lowest BCUT2D eigenvalue weighted by Crippen LogP contribution is -2.20. The summed E-state index contributed by atoms with van der Waals surface area (Å²) in [6, 6.07) is 7.47. The van der Waals surface area contributed by atoms with E-state index in [0.29, 0.717) is 5.82 Å². The van der Waals surface area contributed by atoms with Crippen LogP contribution in [0.15, 0.2) is 28.7 Å². The molecular weight excluding hydrogens is 274 g/mol. The van der Waals surface area contributed by atoms with E-state index >= 15 is 0 Å². The first-order valence-electron chi connectivity index (χ1n) is 4.47. The van der Waals surface area contributed by atoms with Crippen LogP contribution in [0.4, 0.5) is 0 Å². The van der Waals surface area contributed by atoms with Gasteiger partial charge in [0, 0.05) is 10.0 Å². The molecule has 82 valence electrons. The lowest BCUT2D eigenvalue weighted by atomic mass is 10.2. The maximum atomic E-state index is 10.6. The van der Waals surface area contributed by atoms with Crippen LogP contribution in [0, 0.1) is 0 Å². The highest BCUT2D eigenvalue weighted by atomic mass is 79.9. The fraction of sp³-hybridized carbons (Fsp3) is 0.111. The van der Waals surface area contributed by atoms with Gasteiger partial charge in [-0.25, -0.2) is 0 Å². The van der Waals surface area contributed by atoms with Gasteiger partial charge in [0.1, 0.15) is 6.54 Å². The number of tetrazole rings is 1. The third-order valence-corrected chi connectivity index (χ3v) is 2.38. The molecule has 0 aliphatic heterocycles. The summed E-state index contributed by atoms with van der Waals surface area (Å²) in [4.78, 5) is 11.8. The first kappa shape index (κ1) is 10.7. The van der Waals surface area contributed by atoms with Crippen molar-refractivity contribution < 1.29 is 4.79 Å². The standard InChI is InChI=1S/C9H8BrN5O/c10-7-3-1-6(2-4-7)9-12-14-15(13-9)5-8(11)16/h1-4H,5H2,(H2,11,16). The quantitative estimate of drug-likeness (QED) is 0.892. The molecule has 1 amide bonds. The van der Waals surface area contributed by atoms with E-state index in [-0.39, 0.29) is 6.54 Å². The van der Waals surface area contributed by atoms with Gasteiger partial charge >= 0.3 is 0 Å². The Balaban J connectivity index is 2.24. The van der Waals surface area contributed by atoms with Crippen molar-refractivity contribution in [3.63, 3.8) is 0 Å². The van der Waals surface area contributed by atoms with E-state index in [0.717, 1.165) is 10.0 Å². The molecule has 0 unspecified atom stereocenters. The van der Waals surface area contributed by atoms with Crippen LogP contribution in [0.1, 0.15) is 0 Å². The normalized spacial score (nSPS) is 10.3. The topological polar surface area (TPSA) is 86.7 Å². The minimum atomic E-state index is -0.500. The Morgan fingerprint density at radius 1 is 1.38 bits per heavy atom. The zero-order valence-corrected chi connectivity index (χ0v) is 9.75. The Bertz CT molecular complexity index is 507. The fourth-order valence-electron chi connectivity index (χ4n) is 1.16. The number of benzene rings is 1. The molecule has 1 heterocycles. The highest BCUT2D eigenvalue weighted by molar-refractivity contribution is 9.10. The summed E-state index contributed by atoms with van der Waals surface area (Å²) in [5.41, 5.74) is 5.85. The summed E-state index contributed by atoms with van der Waals surface area (Å²) in [7, 11) is 0. The zero-order valence-electron chi connectivity index (χ0n) is 8.17. The van der Waals surface area contributed by atoms with Crippen LogP contribution in [0.2, 0.25) is 0 Å². The third-order valence-electron chi connectivity index (χ3n) is 1.85. The molecule has 0 aliphatic rings. The molecule has 6 nitrogen and oxygen atoms in total. The molecule has 1 aromatic carbocycles. The number of hydrogen-bond acceptors (Lipinski definition) is 4. The number of nitrogens with two attached hydrogens (primary N) is 1. The lowest BCUT2D eigenvalue weighted by molar-refractivity contribution is -0.118. The molecule has 0 bridgehead atoms. The number of amides is 1. The third kappa shape index (κ3) is 2.43.